The summed E-state index contributed by atoms with van der Waals surface area (Å²) < 4.78 is 18.3. The molecule has 2 aliphatic carbocycles. The van der Waals surface area contributed by atoms with Gasteiger partial charge >= 0.3 is 0 Å². The number of amides is 1. The van der Waals surface area contributed by atoms with Crippen molar-refractivity contribution in [1.82, 2.24) is 15.5 Å². The molecular formula is C19H22FN3O2. The van der Waals surface area contributed by atoms with Gasteiger partial charge in [0.15, 0.2) is 5.82 Å². The van der Waals surface area contributed by atoms with Gasteiger partial charge in [-0.15, -0.1) is 0 Å². The van der Waals surface area contributed by atoms with Crippen molar-refractivity contribution in [3.8, 4) is 0 Å². The summed E-state index contributed by atoms with van der Waals surface area (Å²) >= 11 is 0. The topological polar surface area (TPSA) is 68.0 Å². The Morgan fingerprint density at radius 2 is 2.04 bits per heavy atom. The summed E-state index contributed by atoms with van der Waals surface area (Å²) in [5, 5.41) is 7.00. The van der Waals surface area contributed by atoms with Crippen LogP contribution >= 0.6 is 0 Å². The maximum Gasteiger partial charge on any atom is 0.226 e. The Kier molecular flexibility index (Phi) is 4.27. The smallest absolute Gasteiger partial charge is 0.226 e. The fourth-order valence-electron chi connectivity index (χ4n) is 3.16. The summed E-state index contributed by atoms with van der Waals surface area (Å²) in [7, 11) is 0. The zero-order valence-electron chi connectivity index (χ0n) is 14.1. The standard InChI is InChI=1S/C19H22FN3O2/c20-15-8-6-14(7-9-15)19(10-11-19)12-21-16(24)2-1-3-17-22-18(23-25-17)13-4-5-13/h6-9,13H,1-5,10-12H2,(H,21,24). The molecule has 2 aliphatic rings. The number of carbonyl (C=O) groups excluding carboxylic acids is 1. The number of nitrogens with zero attached hydrogens (tertiary/aromatic N) is 2. The summed E-state index contributed by atoms with van der Waals surface area (Å²) in [6.45, 7) is 0.615. The van der Waals surface area contributed by atoms with Crippen molar-refractivity contribution in [3.05, 3.63) is 47.4 Å². The molecule has 1 N–H and O–H groups in total. The van der Waals surface area contributed by atoms with Gasteiger partial charge in [0.2, 0.25) is 11.8 Å². The van der Waals surface area contributed by atoms with Gasteiger partial charge in [0.05, 0.1) is 0 Å². The van der Waals surface area contributed by atoms with Gasteiger partial charge in [-0.3, -0.25) is 4.79 Å². The zero-order valence-corrected chi connectivity index (χ0v) is 14.1. The van der Waals surface area contributed by atoms with Crippen LogP contribution in [-0.2, 0) is 16.6 Å². The molecule has 25 heavy (non-hydrogen) atoms. The van der Waals surface area contributed by atoms with Crippen molar-refractivity contribution in [2.45, 2.75) is 56.3 Å². The molecule has 0 atom stereocenters. The number of aromatic nitrogens is 2. The van der Waals surface area contributed by atoms with Gasteiger partial charge in [-0.25, -0.2) is 4.39 Å². The van der Waals surface area contributed by atoms with E-state index in [2.05, 4.69) is 15.5 Å². The fraction of sp³-hybridized carbons (Fsp3) is 0.526. The van der Waals surface area contributed by atoms with Gasteiger partial charge in [-0.05, 0) is 49.8 Å². The number of hydrogen-bond acceptors (Lipinski definition) is 4. The van der Waals surface area contributed by atoms with Gasteiger partial charge in [-0.2, -0.15) is 4.98 Å². The third kappa shape index (κ3) is 3.89. The molecule has 5 nitrogen and oxygen atoms in total. The molecule has 0 aliphatic heterocycles. The lowest BCUT2D eigenvalue weighted by Gasteiger charge is -2.16. The molecule has 0 radical (unpaired) electrons. The lowest BCUT2D eigenvalue weighted by Crippen LogP contribution is -2.32. The lowest BCUT2D eigenvalue weighted by atomic mass is 9.96. The lowest BCUT2D eigenvalue weighted by molar-refractivity contribution is -0.121. The van der Waals surface area contributed by atoms with Crippen LogP contribution in [0.2, 0.25) is 0 Å². The first-order chi connectivity index (χ1) is 12.1. The normalized spacial score (nSPS) is 18.1. The van der Waals surface area contributed by atoms with Crippen LogP contribution in [0.15, 0.2) is 28.8 Å². The maximum atomic E-state index is 13.1. The second kappa shape index (κ2) is 6.58. The first-order valence-electron chi connectivity index (χ1n) is 9.00. The summed E-state index contributed by atoms with van der Waals surface area (Å²) in [5.74, 6) is 1.74. The number of carbonyl (C=O) groups is 1. The predicted octanol–water partition coefficient (Wildman–Crippen LogP) is 3.26. The summed E-state index contributed by atoms with van der Waals surface area (Å²) in [4.78, 5) is 16.4. The van der Waals surface area contributed by atoms with Gasteiger partial charge in [0.25, 0.3) is 0 Å². The van der Waals surface area contributed by atoms with Crippen molar-refractivity contribution in [2.24, 2.45) is 0 Å². The van der Waals surface area contributed by atoms with E-state index in [1.165, 1.54) is 12.1 Å². The van der Waals surface area contributed by atoms with Crippen molar-refractivity contribution >= 4 is 5.91 Å². The molecule has 2 aromatic rings. The molecule has 2 fully saturated rings. The molecule has 1 amide bonds. The Morgan fingerprint density at radius 1 is 1.28 bits per heavy atom. The van der Waals surface area contributed by atoms with Crippen LogP contribution < -0.4 is 5.32 Å². The number of nitrogens with one attached hydrogen (secondary N) is 1. The maximum absolute atomic E-state index is 13.1. The minimum atomic E-state index is -0.227. The minimum absolute atomic E-state index is 0.00495. The molecule has 132 valence electrons. The fourth-order valence-corrected chi connectivity index (χ4v) is 3.16. The average molecular weight is 343 g/mol. The van der Waals surface area contributed by atoms with Crippen molar-refractivity contribution in [2.75, 3.05) is 6.54 Å². The molecule has 0 saturated heterocycles. The van der Waals surface area contributed by atoms with E-state index >= 15 is 0 Å². The summed E-state index contributed by atoms with van der Waals surface area (Å²) in [5.41, 5.74) is 1.10. The molecule has 2 saturated carbocycles. The van der Waals surface area contributed by atoms with Gasteiger partial charge in [0.1, 0.15) is 5.82 Å². The highest BCUT2D eigenvalue weighted by Gasteiger charge is 2.44. The Hall–Kier alpha value is -2.24. The van der Waals surface area contributed by atoms with Crippen LogP contribution in [0.1, 0.15) is 61.7 Å². The second-order valence-corrected chi connectivity index (χ2v) is 7.24. The quantitative estimate of drug-likeness (QED) is 0.799. The van der Waals surface area contributed by atoms with Crippen LogP contribution in [0.4, 0.5) is 4.39 Å². The molecule has 6 heteroatoms. The highest BCUT2D eigenvalue weighted by atomic mass is 19.1. The summed E-state index contributed by atoms with van der Waals surface area (Å²) in [6.07, 6.45) is 6.14. The van der Waals surface area contributed by atoms with E-state index in [0.29, 0.717) is 37.6 Å². The first kappa shape index (κ1) is 16.2. The van der Waals surface area contributed by atoms with E-state index in [9.17, 15) is 9.18 Å². The minimum Gasteiger partial charge on any atom is -0.355 e. The highest BCUT2D eigenvalue weighted by molar-refractivity contribution is 5.76. The first-order valence-corrected chi connectivity index (χ1v) is 9.00. The van der Waals surface area contributed by atoms with Crippen LogP contribution in [0.3, 0.4) is 0 Å². The van der Waals surface area contributed by atoms with Gasteiger partial charge in [-0.1, -0.05) is 17.3 Å². The number of halogens is 1. The highest BCUT2D eigenvalue weighted by Crippen LogP contribution is 2.47. The monoisotopic (exact) mass is 343 g/mol. The third-order valence-corrected chi connectivity index (χ3v) is 5.15. The van der Waals surface area contributed by atoms with Crippen LogP contribution in [0, 0.1) is 5.82 Å². The van der Waals surface area contributed by atoms with Crippen LogP contribution in [-0.4, -0.2) is 22.6 Å². The van der Waals surface area contributed by atoms with E-state index in [0.717, 1.165) is 37.1 Å². The van der Waals surface area contributed by atoms with Crippen molar-refractivity contribution in [3.63, 3.8) is 0 Å². The van der Waals surface area contributed by atoms with E-state index in [-0.39, 0.29) is 17.1 Å². The molecule has 0 bridgehead atoms. The van der Waals surface area contributed by atoms with Gasteiger partial charge in [0, 0.05) is 30.7 Å². The Labute approximate surface area is 146 Å². The van der Waals surface area contributed by atoms with Crippen LogP contribution in [0.25, 0.3) is 0 Å². The largest absolute Gasteiger partial charge is 0.355 e. The third-order valence-electron chi connectivity index (χ3n) is 5.15. The SMILES string of the molecule is O=C(CCCc1nc(C2CC2)no1)NCC1(c2ccc(F)cc2)CC1. The summed E-state index contributed by atoms with van der Waals surface area (Å²) in [6, 6.07) is 6.61. The predicted molar refractivity (Wildman–Crippen MR) is 89.5 cm³/mol. The zero-order chi connectivity index (χ0) is 17.3. The van der Waals surface area contributed by atoms with E-state index in [1.54, 1.807) is 0 Å². The van der Waals surface area contributed by atoms with Crippen molar-refractivity contribution < 1.29 is 13.7 Å². The van der Waals surface area contributed by atoms with E-state index < -0.39 is 0 Å². The van der Waals surface area contributed by atoms with Gasteiger partial charge < -0.3 is 9.84 Å². The number of benzene rings is 1. The molecule has 4 rings (SSSR count). The Balaban J connectivity index is 1.20. The number of aryl methyl sites for hydroxylation is 1. The number of rotatable bonds is 8. The average Bonchev–Trinajstić information content (AvgIpc) is 3.54. The van der Waals surface area contributed by atoms with Crippen molar-refractivity contribution in [1.29, 1.82) is 0 Å². The Morgan fingerprint density at radius 3 is 2.72 bits per heavy atom. The molecule has 1 heterocycles. The molecule has 0 spiro atoms. The molecule has 0 unspecified atom stereocenters. The Bertz CT molecular complexity index is 748. The number of hydrogen-bond donors (Lipinski definition) is 1. The van der Waals surface area contributed by atoms with Crippen LogP contribution in [0.5, 0.6) is 0 Å². The molecular weight excluding hydrogens is 321 g/mol. The van der Waals surface area contributed by atoms with E-state index in [1.807, 2.05) is 12.1 Å². The van der Waals surface area contributed by atoms with E-state index in [4.69, 9.17) is 4.52 Å². The second-order valence-electron chi connectivity index (χ2n) is 7.24. The molecule has 1 aromatic carbocycles. The molecule has 1 aromatic heterocycles.